The molecule has 0 aromatic heterocycles. The number of carboxylic acids is 1. The molecule has 0 saturated carbocycles. The molecule has 1 aliphatic rings. The minimum atomic E-state index is -3.56. The standard InChI is InChI=1S/C10H20N2O4S/c1-8(2)7-9(10(13)14)11-17(15,16)12-5-3-4-6-12/h8-9,11H,3-7H2,1-2H3,(H,13,14)/t9-/m1/s1. The van der Waals surface area contributed by atoms with Crippen LogP contribution in [0.5, 0.6) is 0 Å². The predicted octanol–water partition coefficient (Wildman–Crippen LogP) is -1.94. The van der Waals surface area contributed by atoms with Crippen molar-refractivity contribution in [1.29, 1.82) is 0 Å². The number of aliphatic carboxylic acids is 1. The molecule has 1 atom stereocenters. The third-order valence-electron chi connectivity index (χ3n) is 2.79. The molecule has 17 heavy (non-hydrogen) atoms. The number of carbonyl (C=O) groups excluding carboxylic acids is 1. The molecule has 2 N–H and O–H groups in total. The van der Waals surface area contributed by atoms with E-state index in [9.17, 15) is 18.3 Å². The normalized spacial score (nSPS) is 19.7. The van der Waals surface area contributed by atoms with E-state index in [0.29, 0.717) is 13.1 Å². The summed E-state index contributed by atoms with van der Waals surface area (Å²) >= 11 is 0. The minimum absolute atomic E-state index is 0.114. The molecular formula is C10H20N2O4S. The van der Waals surface area contributed by atoms with Gasteiger partial charge in [-0.3, -0.25) is 0 Å². The molecule has 0 unspecified atom stereocenters. The number of hydrogen-bond acceptors (Lipinski definition) is 4. The second kappa shape index (κ2) is 5.79. The van der Waals surface area contributed by atoms with Gasteiger partial charge in [-0.1, -0.05) is 13.8 Å². The van der Waals surface area contributed by atoms with Crippen molar-refractivity contribution in [2.45, 2.75) is 39.2 Å². The van der Waals surface area contributed by atoms with Gasteiger partial charge in [-0.05, 0) is 18.8 Å². The molecule has 1 fully saturated rings. The van der Waals surface area contributed by atoms with Crippen molar-refractivity contribution < 1.29 is 23.0 Å². The van der Waals surface area contributed by atoms with Gasteiger partial charge < -0.3 is 9.90 Å². The molecule has 100 valence electrons. The van der Waals surface area contributed by atoms with Crippen LogP contribution in [0.3, 0.4) is 0 Å². The molecule has 0 spiro atoms. The fourth-order valence-corrected chi connectivity index (χ4v) is 3.53. The van der Waals surface area contributed by atoms with E-state index in [1.165, 1.54) is 4.31 Å². The lowest BCUT2D eigenvalue weighted by Gasteiger charge is -2.21. The smallest absolute Gasteiger partial charge is 0.369 e. The highest BCUT2D eigenvalue weighted by molar-refractivity contribution is 7.82. The van der Waals surface area contributed by atoms with E-state index in [2.05, 4.69) is 0 Å². The van der Waals surface area contributed by atoms with Crippen LogP contribution in [0.1, 0.15) is 33.1 Å². The lowest BCUT2D eigenvalue weighted by Crippen LogP contribution is -2.97. The predicted molar refractivity (Wildman–Crippen MR) is 59.9 cm³/mol. The fourth-order valence-electron chi connectivity index (χ4n) is 1.95. The third kappa shape index (κ3) is 4.25. The molecule has 1 aliphatic heterocycles. The fraction of sp³-hybridized carbons (Fsp3) is 0.900. The number of carbonyl (C=O) groups is 1. The van der Waals surface area contributed by atoms with E-state index in [-0.39, 0.29) is 12.3 Å². The monoisotopic (exact) mass is 264 g/mol. The number of quaternary nitrogens is 1. The molecule has 0 aromatic carbocycles. The summed E-state index contributed by atoms with van der Waals surface area (Å²) in [5.74, 6) is -1.20. The van der Waals surface area contributed by atoms with Crippen LogP contribution in [0.4, 0.5) is 0 Å². The van der Waals surface area contributed by atoms with E-state index in [4.69, 9.17) is 0 Å². The van der Waals surface area contributed by atoms with E-state index in [1.54, 1.807) is 0 Å². The van der Waals surface area contributed by atoms with E-state index in [1.807, 2.05) is 13.8 Å². The molecule has 0 bridgehead atoms. The van der Waals surface area contributed by atoms with Crippen LogP contribution in [0.2, 0.25) is 0 Å². The van der Waals surface area contributed by atoms with Gasteiger partial charge in [0.05, 0.1) is 0 Å². The Kier molecular flexibility index (Phi) is 4.91. The first-order valence-corrected chi connectivity index (χ1v) is 7.39. The highest BCUT2D eigenvalue weighted by atomic mass is 32.2. The summed E-state index contributed by atoms with van der Waals surface area (Å²) in [6.45, 7) is 4.68. The first-order valence-electron chi connectivity index (χ1n) is 5.89. The van der Waals surface area contributed by atoms with Gasteiger partial charge in [-0.25, -0.2) is 4.72 Å². The van der Waals surface area contributed by atoms with Gasteiger partial charge >= 0.3 is 10.2 Å². The summed E-state index contributed by atoms with van der Waals surface area (Å²) < 4.78 is 26.1. The maximum absolute atomic E-state index is 11.9. The van der Waals surface area contributed by atoms with Crippen molar-refractivity contribution in [2.24, 2.45) is 5.92 Å². The van der Waals surface area contributed by atoms with E-state index >= 15 is 0 Å². The van der Waals surface area contributed by atoms with Crippen LogP contribution in [0, 0.1) is 5.92 Å². The Hall–Kier alpha value is -0.660. The zero-order valence-corrected chi connectivity index (χ0v) is 11.1. The summed E-state index contributed by atoms with van der Waals surface area (Å²) in [5, 5.41) is 10.9. The Morgan fingerprint density at radius 3 is 2.29 bits per heavy atom. The van der Waals surface area contributed by atoms with Crippen molar-refractivity contribution in [1.82, 2.24) is 4.31 Å². The van der Waals surface area contributed by atoms with Gasteiger partial charge in [0.25, 0.3) is 0 Å². The Morgan fingerprint density at radius 2 is 1.88 bits per heavy atom. The maximum Gasteiger partial charge on any atom is 0.369 e. The van der Waals surface area contributed by atoms with Crippen molar-refractivity contribution >= 4 is 16.2 Å². The van der Waals surface area contributed by atoms with Gasteiger partial charge in [0.2, 0.25) is 0 Å². The molecule has 0 radical (unpaired) electrons. The number of nitrogens with two attached hydrogens (primary N) is 1. The van der Waals surface area contributed by atoms with Gasteiger partial charge in [0, 0.05) is 19.5 Å². The Morgan fingerprint density at radius 1 is 1.35 bits per heavy atom. The topological polar surface area (TPSA) is 94.1 Å². The molecule has 1 rings (SSSR count). The first-order chi connectivity index (χ1) is 7.83. The number of carboxylic acid groups (broad SMARTS) is 1. The molecule has 0 aliphatic carbocycles. The number of rotatable bonds is 6. The minimum Gasteiger partial charge on any atom is -0.544 e. The Labute approximate surface area is 102 Å². The number of nitrogens with zero attached hydrogens (tertiary/aromatic N) is 1. The molecular weight excluding hydrogens is 244 g/mol. The van der Waals surface area contributed by atoms with Crippen molar-refractivity contribution in [3.05, 3.63) is 0 Å². The highest BCUT2D eigenvalue weighted by Gasteiger charge is 2.32. The average Bonchev–Trinajstić information content (AvgIpc) is 2.68. The average molecular weight is 264 g/mol. The van der Waals surface area contributed by atoms with Crippen LogP contribution in [-0.2, 0) is 15.0 Å². The van der Waals surface area contributed by atoms with Crippen molar-refractivity contribution in [2.75, 3.05) is 13.1 Å². The number of hydrogen-bond donors (Lipinski definition) is 1. The lowest BCUT2D eigenvalue weighted by molar-refractivity contribution is -0.546. The summed E-state index contributed by atoms with van der Waals surface area (Å²) in [5.41, 5.74) is 0. The zero-order valence-electron chi connectivity index (χ0n) is 10.3. The summed E-state index contributed by atoms with van der Waals surface area (Å²) in [6.07, 6.45) is 1.97. The van der Waals surface area contributed by atoms with Crippen molar-refractivity contribution in [3.8, 4) is 0 Å². The highest BCUT2D eigenvalue weighted by Crippen LogP contribution is 2.09. The summed E-state index contributed by atoms with van der Waals surface area (Å²) in [7, 11) is -3.56. The van der Waals surface area contributed by atoms with Crippen LogP contribution >= 0.6 is 0 Å². The van der Waals surface area contributed by atoms with Gasteiger partial charge in [0.1, 0.15) is 12.0 Å². The van der Waals surface area contributed by atoms with Crippen LogP contribution < -0.4 is 9.83 Å². The van der Waals surface area contributed by atoms with Crippen molar-refractivity contribution in [3.63, 3.8) is 0 Å². The molecule has 1 heterocycles. The largest absolute Gasteiger partial charge is 0.544 e. The second-order valence-corrected chi connectivity index (χ2v) is 6.66. The molecule has 1 saturated heterocycles. The molecule has 7 heteroatoms. The molecule has 0 aromatic rings. The van der Waals surface area contributed by atoms with Gasteiger partial charge in [0.15, 0.2) is 0 Å². The van der Waals surface area contributed by atoms with E-state index < -0.39 is 22.2 Å². The zero-order chi connectivity index (χ0) is 13.1. The first kappa shape index (κ1) is 14.4. The van der Waals surface area contributed by atoms with Crippen LogP contribution in [-0.4, -0.2) is 37.8 Å². The van der Waals surface area contributed by atoms with Gasteiger partial charge in [-0.2, -0.15) is 12.7 Å². The Balaban J connectivity index is 2.68. The second-order valence-electron chi connectivity index (χ2n) is 4.84. The molecule has 0 amide bonds. The molecule has 6 nitrogen and oxygen atoms in total. The quantitative estimate of drug-likeness (QED) is 0.603. The van der Waals surface area contributed by atoms with Gasteiger partial charge in [-0.15, -0.1) is 0 Å². The maximum atomic E-state index is 11.9. The van der Waals surface area contributed by atoms with E-state index in [0.717, 1.165) is 17.6 Å². The Bertz CT molecular complexity index is 361. The van der Waals surface area contributed by atoms with Crippen LogP contribution in [0.25, 0.3) is 0 Å². The summed E-state index contributed by atoms with van der Waals surface area (Å²) in [4.78, 5) is 10.9. The lowest BCUT2D eigenvalue weighted by atomic mass is 10.1. The SMILES string of the molecule is CC(C)C[C@@H]([NH2+]S(=O)(=O)N1CCCC1)C(=O)[O-]. The third-order valence-corrected chi connectivity index (χ3v) is 4.55. The summed E-state index contributed by atoms with van der Waals surface area (Å²) in [6, 6.07) is -1.03. The van der Waals surface area contributed by atoms with Crippen LogP contribution in [0.15, 0.2) is 0 Å².